The molecule has 2 amide bonds. The van der Waals surface area contributed by atoms with Crippen LogP contribution in [0.3, 0.4) is 0 Å². The van der Waals surface area contributed by atoms with Gasteiger partial charge in [0.1, 0.15) is 17.9 Å². The second-order valence-corrected chi connectivity index (χ2v) is 5.94. The second-order valence-electron chi connectivity index (χ2n) is 5.94. The molecule has 1 atom stereocenters. The van der Waals surface area contributed by atoms with E-state index in [4.69, 9.17) is 4.74 Å². The van der Waals surface area contributed by atoms with Crippen molar-refractivity contribution >= 4 is 6.03 Å². The molecule has 0 aliphatic rings. The van der Waals surface area contributed by atoms with Crippen molar-refractivity contribution in [2.75, 3.05) is 7.11 Å². The molecule has 0 saturated heterocycles. The molecule has 1 aromatic heterocycles. The Morgan fingerprint density at radius 3 is 2.33 bits per heavy atom. The molecular formula is C19H20FN5O2. The molecule has 0 bridgehead atoms. The number of aromatic nitrogens is 3. The Kier molecular flexibility index (Phi) is 5.65. The smallest absolute Gasteiger partial charge is 0.315 e. The van der Waals surface area contributed by atoms with Crippen LogP contribution < -0.4 is 15.4 Å². The molecule has 0 unspecified atom stereocenters. The Hall–Kier alpha value is -3.42. The summed E-state index contributed by atoms with van der Waals surface area (Å²) in [6.45, 7) is 0.237. The summed E-state index contributed by atoms with van der Waals surface area (Å²) in [7, 11) is 3.39. The first-order chi connectivity index (χ1) is 13.1. The number of carbonyl (C=O) groups is 1. The van der Waals surface area contributed by atoms with Gasteiger partial charge in [-0.15, -0.1) is 10.2 Å². The minimum atomic E-state index is -0.448. The number of halogens is 1. The molecule has 1 heterocycles. The van der Waals surface area contributed by atoms with Crippen molar-refractivity contribution in [1.29, 1.82) is 0 Å². The van der Waals surface area contributed by atoms with Crippen LogP contribution in [0.1, 0.15) is 23.0 Å². The van der Waals surface area contributed by atoms with Gasteiger partial charge in [0.15, 0.2) is 5.82 Å². The fourth-order valence-corrected chi connectivity index (χ4v) is 2.62. The van der Waals surface area contributed by atoms with Crippen LogP contribution in [0.5, 0.6) is 5.75 Å². The number of aryl methyl sites for hydroxylation is 1. The van der Waals surface area contributed by atoms with Gasteiger partial charge >= 0.3 is 6.03 Å². The van der Waals surface area contributed by atoms with Gasteiger partial charge in [-0.05, 0) is 35.4 Å². The van der Waals surface area contributed by atoms with Crippen LogP contribution in [0.2, 0.25) is 0 Å². The average molecular weight is 369 g/mol. The molecule has 3 aromatic rings. The van der Waals surface area contributed by atoms with Crippen LogP contribution in [0, 0.1) is 5.82 Å². The lowest BCUT2D eigenvalue weighted by Gasteiger charge is -2.20. The van der Waals surface area contributed by atoms with E-state index in [1.807, 2.05) is 24.3 Å². The molecule has 0 fully saturated rings. The number of amides is 2. The number of hydrogen-bond acceptors (Lipinski definition) is 4. The van der Waals surface area contributed by atoms with Crippen molar-refractivity contribution in [3.63, 3.8) is 0 Å². The number of carbonyl (C=O) groups excluding carboxylic acids is 1. The molecule has 0 saturated carbocycles. The summed E-state index contributed by atoms with van der Waals surface area (Å²) in [6.07, 6.45) is 1.56. The highest BCUT2D eigenvalue weighted by Gasteiger charge is 2.17. The summed E-state index contributed by atoms with van der Waals surface area (Å²) < 4.78 is 20.2. The van der Waals surface area contributed by atoms with Gasteiger partial charge in [0.2, 0.25) is 0 Å². The average Bonchev–Trinajstić information content (AvgIpc) is 3.10. The van der Waals surface area contributed by atoms with Gasteiger partial charge in [-0.25, -0.2) is 9.18 Å². The van der Waals surface area contributed by atoms with Gasteiger partial charge in [0, 0.05) is 7.05 Å². The number of urea groups is 1. The molecule has 2 aromatic carbocycles. The molecule has 140 valence electrons. The summed E-state index contributed by atoms with van der Waals surface area (Å²) >= 11 is 0. The Labute approximate surface area is 156 Å². The monoisotopic (exact) mass is 369 g/mol. The Balaban J connectivity index is 1.77. The number of nitrogens with one attached hydrogen (secondary N) is 2. The quantitative estimate of drug-likeness (QED) is 0.700. The molecule has 27 heavy (non-hydrogen) atoms. The maximum atomic E-state index is 13.3. The third-order valence-corrected chi connectivity index (χ3v) is 4.14. The molecular weight excluding hydrogens is 349 g/mol. The van der Waals surface area contributed by atoms with E-state index < -0.39 is 6.04 Å². The molecule has 3 rings (SSSR count). The molecule has 0 spiro atoms. The first kappa shape index (κ1) is 18.4. The lowest BCUT2D eigenvalue weighted by Crippen LogP contribution is -2.38. The van der Waals surface area contributed by atoms with Crippen molar-refractivity contribution in [1.82, 2.24) is 25.4 Å². The van der Waals surface area contributed by atoms with Gasteiger partial charge in [-0.1, -0.05) is 24.3 Å². The third-order valence-electron chi connectivity index (χ3n) is 4.14. The number of methoxy groups -OCH3 is 1. The van der Waals surface area contributed by atoms with E-state index in [0.717, 1.165) is 11.1 Å². The molecule has 2 N–H and O–H groups in total. The summed E-state index contributed by atoms with van der Waals surface area (Å²) in [4.78, 5) is 12.4. The summed E-state index contributed by atoms with van der Waals surface area (Å²) in [5.41, 5.74) is 1.60. The highest BCUT2D eigenvalue weighted by Crippen LogP contribution is 2.24. The Bertz CT molecular complexity index is 893. The second kappa shape index (κ2) is 8.31. The molecule has 0 aliphatic carbocycles. The molecule has 8 heteroatoms. The van der Waals surface area contributed by atoms with Gasteiger partial charge < -0.3 is 19.9 Å². The number of hydrogen-bond donors (Lipinski definition) is 2. The minimum absolute atomic E-state index is 0.237. The van der Waals surface area contributed by atoms with E-state index >= 15 is 0 Å². The van der Waals surface area contributed by atoms with Crippen LogP contribution in [-0.2, 0) is 13.6 Å². The highest BCUT2D eigenvalue weighted by atomic mass is 19.1. The Morgan fingerprint density at radius 1 is 1.15 bits per heavy atom. The topological polar surface area (TPSA) is 81.1 Å². The zero-order chi connectivity index (χ0) is 19.2. The maximum Gasteiger partial charge on any atom is 0.315 e. The zero-order valence-electron chi connectivity index (χ0n) is 15.0. The van der Waals surface area contributed by atoms with Gasteiger partial charge in [-0.3, -0.25) is 0 Å². The van der Waals surface area contributed by atoms with Crippen molar-refractivity contribution in [3.05, 3.63) is 77.6 Å². The van der Waals surface area contributed by atoms with Gasteiger partial charge in [0.25, 0.3) is 0 Å². The van der Waals surface area contributed by atoms with Crippen molar-refractivity contribution in [3.8, 4) is 5.75 Å². The molecule has 0 radical (unpaired) electrons. The van der Waals surface area contributed by atoms with Crippen LogP contribution in [0.25, 0.3) is 0 Å². The Morgan fingerprint density at radius 2 is 1.78 bits per heavy atom. The van der Waals surface area contributed by atoms with Crippen LogP contribution in [-0.4, -0.2) is 27.9 Å². The molecule has 0 aliphatic heterocycles. The highest BCUT2D eigenvalue weighted by molar-refractivity contribution is 5.75. The largest absolute Gasteiger partial charge is 0.497 e. The zero-order valence-corrected chi connectivity index (χ0v) is 15.0. The van der Waals surface area contributed by atoms with E-state index in [1.54, 1.807) is 37.2 Å². The van der Waals surface area contributed by atoms with Gasteiger partial charge in [0.05, 0.1) is 19.7 Å². The van der Waals surface area contributed by atoms with Gasteiger partial charge in [-0.2, -0.15) is 0 Å². The minimum Gasteiger partial charge on any atom is -0.497 e. The summed E-state index contributed by atoms with van der Waals surface area (Å²) in [6, 6.07) is 12.5. The van der Waals surface area contributed by atoms with E-state index in [0.29, 0.717) is 11.6 Å². The lowest BCUT2D eigenvalue weighted by atomic mass is 9.98. The number of nitrogens with zero attached hydrogens (tertiary/aromatic N) is 3. The summed E-state index contributed by atoms with van der Waals surface area (Å²) in [5.74, 6) is 1.01. The number of ether oxygens (including phenoxy) is 1. The van der Waals surface area contributed by atoms with E-state index in [1.165, 1.54) is 12.1 Å². The number of benzene rings is 2. The van der Waals surface area contributed by atoms with Crippen molar-refractivity contribution in [2.24, 2.45) is 7.05 Å². The van der Waals surface area contributed by atoms with Crippen LogP contribution in [0.4, 0.5) is 9.18 Å². The summed E-state index contributed by atoms with van der Waals surface area (Å²) in [5, 5.41) is 13.4. The van der Waals surface area contributed by atoms with E-state index in [2.05, 4.69) is 20.8 Å². The lowest BCUT2D eigenvalue weighted by molar-refractivity contribution is 0.238. The van der Waals surface area contributed by atoms with Crippen molar-refractivity contribution < 1.29 is 13.9 Å². The van der Waals surface area contributed by atoms with E-state index in [9.17, 15) is 9.18 Å². The van der Waals surface area contributed by atoms with Crippen molar-refractivity contribution in [2.45, 2.75) is 12.6 Å². The normalized spacial score (nSPS) is 11.7. The third kappa shape index (κ3) is 4.60. The molecule has 7 nitrogen and oxygen atoms in total. The van der Waals surface area contributed by atoms with Crippen LogP contribution in [0.15, 0.2) is 54.9 Å². The number of rotatable bonds is 6. The van der Waals surface area contributed by atoms with Crippen LogP contribution >= 0.6 is 0 Å². The predicted octanol–water partition coefficient (Wildman–Crippen LogP) is 2.55. The SMILES string of the molecule is COc1ccc([C@H](NC(=O)NCc2nncn2C)c2ccc(F)cc2)cc1. The maximum absolute atomic E-state index is 13.3. The first-order valence-corrected chi connectivity index (χ1v) is 8.33. The standard InChI is InChI=1S/C19H20FN5O2/c1-25-12-22-24-17(25)11-21-19(26)23-18(13-3-7-15(20)8-4-13)14-5-9-16(27-2)10-6-14/h3-10,12,18H,11H2,1-2H3,(H2,21,23,26)/t18-/m1/s1. The fraction of sp³-hybridized carbons (Fsp3) is 0.211. The first-order valence-electron chi connectivity index (χ1n) is 8.33. The van der Waals surface area contributed by atoms with E-state index in [-0.39, 0.29) is 18.4 Å². The predicted molar refractivity (Wildman–Crippen MR) is 97.6 cm³/mol. The fourth-order valence-electron chi connectivity index (χ4n) is 2.62.